The van der Waals surface area contributed by atoms with Crippen LogP contribution in [0, 0.1) is 0 Å². The van der Waals surface area contributed by atoms with Crippen LogP contribution in [0.5, 0.6) is 5.75 Å². The van der Waals surface area contributed by atoms with E-state index in [9.17, 15) is 9.90 Å². The van der Waals surface area contributed by atoms with E-state index in [2.05, 4.69) is 4.98 Å². The van der Waals surface area contributed by atoms with Crippen molar-refractivity contribution in [2.75, 3.05) is 6.61 Å². The number of aliphatic hydroxyl groups is 1. The summed E-state index contributed by atoms with van der Waals surface area (Å²) >= 11 is 0. The summed E-state index contributed by atoms with van der Waals surface area (Å²) in [6, 6.07) is 15.6. The molecule has 3 rings (SSSR count). The number of rotatable bonds is 9. The maximum atomic E-state index is 10.7. The van der Waals surface area contributed by atoms with E-state index in [1.165, 1.54) is 0 Å². The SMILES string of the molecule is O=C(O)CCc1ccc2cc(OC[C@H](O)CCc3cccnc3)ccc2c1. The third kappa shape index (κ3) is 5.79. The Balaban J connectivity index is 1.54. The van der Waals surface area contributed by atoms with Crippen LogP contribution >= 0.6 is 0 Å². The molecule has 0 amide bonds. The summed E-state index contributed by atoms with van der Waals surface area (Å²) in [4.78, 5) is 14.8. The number of pyridine rings is 1. The zero-order valence-corrected chi connectivity index (χ0v) is 15.0. The topological polar surface area (TPSA) is 79.7 Å². The van der Waals surface area contributed by atoms with Crippen LogP contribution in [-0.2, 0) is 17.6 Å². The van der Waals surface area contributed by atoms with Crippen molar-refractivity contribution in [1.29, 1.82) is 0 Å². The number of hydrogen-bond acceptors (Lipinski definition) is 4. The van der Waals surface area contributed by atoms with Crippen molar-refractivity contribution >= 4 is 16.7 Å². The van der Waals surface area contributed by atoms with Crippen LogP contribution in [0.15, 0.2) is 60.9 Å². The Bertz CT molecular complexity index is 895. The highest BCUT2D eigenvalue weighted by Crippen LogP contribution is 2.23. The highest BCUT2D eigenvalue weighted by Gasteiger charge is 2.07. The van der Waals surface area contributed by atoms with E-state index in [1.807, 2.05) is 54.7 Å². The van der Waals surface area contributed by atoms with Gasteiger partial charge in [-0.2, -0.15) is 0 Å². The summed E-state index contributed by atoms with van der Waals surface area (Å²) in [5.41, 5.74) is 2.10. The van der Waals surface area contributed by atoms with Gasteiger partial charge in [0.1, 0.15) is 12.4 Å². The van der Waals surface area contributed by atoms with Gasteiger partial charge >= 0.3 is 5.97 Å². The van der Waals surface area contributed by atoms with Crippen molar-refractivity contribution in [2.45, 2.75) is 31.8 Å². The van der Waals surface area contributed by atoms with Crippen molar-refractivity contribution in [3.63, 3.8) is 0 Å². The number of nitrogens with zero attached hydrogens (tertiary/aromatic N) is 1. The maximum Gasteiger partial charge on any atom is 0.303 e. The fourth-order valence-corrected chi connectivity index (χ4v) is 2.92. The van der Waals surface area contributed by atoms with Gasteiger partial charge in [0, 0.05) is 18.8 Å². The van der Waals surface area contributed by atoms with Crippen molar-refractivity contribution in [1.82, 2.24) is 4.98 Å². The number of aromatic nitrogens is 1. The van der Waals surface area contributed by atoms with Gasteiger partial charge in [-0.3, -0.25) is 9.78 Å². The van der Waals surface area contributed by atoms with E-state index in [0.717, 1.165) is 28.3 Å². The summed E-state index contributed by atoms with van der Waals surface area (Å²) in [6.07, 6.45) is 5.02. The predicted molar refractivity (Wildman–Crippen MR) is 104 cm³/mol. The molecule has 2 aromatic carbocycles. The molecule has 0 radical (unpaired) electrons. The van der Waals surface area contributed by atoms with Crippen LogP contribution in [0.2, 0.25) is 0 Å². The van der Waals surface area contributed by atoms with Crippen LogP contribution in [0.1, 0.15) is 24.0 Å². The largest absolute Gasteiger partial charge is 0.491 e. The first-order chi connectivity index (χ1) is 13.1. The van der Waals surface area contributed by atoms with Gasteiger partial charge < -0.3 is 14.9 Å². The predicted octanol–water partition coefficient (Wildman–Crippen LogP) is 3.62. The molecule has 5 nitrogen and oxygen atoms in total. The summed E-state index contributed by atoms with van der Waals surface area (Å²) in [7, 11) is 0. The molecule has 27 heavy (non-hydrogen) atoms. The van der Waals surface area contributed by atoms with Crippen LogP contribution < -0.4 is 4.74 Å². The Kier molecular flexibility index (Phi) is 6.39. The standard InChI is InChI=1S/C22H23NO4/c24-20(8-4-17-2-1-11-23-14-17)15-27-21-9-7-18-12-16(5-10-22(25)26)3-6-19(18)13-21/h1-3,6-7,9,11-14,20,24H,4-5,8,10,15H2,(H,25,26)/t20-/m1/s1. The minimum Gasteiger partial charge on any atom is -0.491 e. The first-order valence-corrected chi connectivity index (χ1v) is 9.04. The van der Waals surface area contributed by atoms with Gasteiger partial charge in [-0.15, -0.1) is 0 Å². The van der Waals surface area contributed by atoms with Gasteiger partial charge in [-0.1, -0.05) is 30.3 Å². The highest BCUT2D eigenvalue weighted by molar-refractivity contribution is 5.84. The number of fused-ring (bicyclic) bond motifs is 1. The van der Waals surface area contributed by atoms with Crippen molar-refractivity contribution in [3.8, 4) is 5.75 Å². The van der Waals surface area contributed by atoms with Gasteiger partial charge in [-0.05, 0) is 59.4 Å². The van der Waals surface area contributed by atoms with Crippen molar-refractivity contribution in [3.05, 3.63) is 72.1 Å². The number of carboxylic acid groups (broad SMARTS) is 1. The molecular weight excluding hydrogens is 342 g/mol. The van der Waals surface area contributed by atoms with Gasteiger partial charge in [0.15, 0.2) is 0 Å². The Morgan fingerprint density at radius 2 is 1.85 bits per heavy atom. The van der Waals surface area contributed by atoms with Gasteiger partial charge in [0.25, 0.3) is 0 Å². The summed E-state index contributed by atoms with van der Waals surface area (Å²) in [5, 5.41) is 21.0. The molecule has 5 heteroatoms. The number of hydrogen-bond donors (Lipinski definition) is 2. The van der Waals surface area contributed by atoms with Crippen LogP contribution in [0.25, 0.3) is 10.8 Å². The molecule has 2 N–H and O–H groups in total. The Labute approximate surface area is 158 Å². The van der Waals surface area contributed by atoms with E-state index < -0.39 is 12.1 Å². The van der Waals surface area contributed by atoms with E-state index >= 15 is 0 Å². The lowest BCUT2D eigenvalue weighted by Gasteiger charge is -2.13. The molecular formula is C22H23NO4. The molecule has 0 spiro atoms. The van der Waals surface area contributed by atoms with Crippen molar-refractivity contribution < 1.29 is 19.7 Å². The van der Waals surface area contributed by atoms with E-state index in [4.69, 9.17) is 9.84 Å². The zero-order valence-electron chi connectivity index (χ0n) is 15.0. The van der Waals surface area contributed by atoms with Gasteiger partial charge in [0.05, 0.1) is 6.10 Å². The quantitative estimate of drug-likeness (QED) is 0.605. The second-order valence-corrected chi connectivity index (χ2v) is 6.60. The Morgan fingerprint density at radius 1 is 1.04 bits per heavy atom. The normalized spacial score (nSPS) is 12.0. The summed E-state index contributed by atoms with van der Waals surface area (Å²) < 4.78 is 5.73. The molecule has 0 bridgehead atoms. The second-order valence-electron chi connectivity index (χ2n) is 6.60. The monoisotopic (exact) mass is 365 g/mol. The molecule has 1 heterocycles. The minimum atomic E-state index is -0.791. The second kappa shape index (κ2) is 9.14. The third-order valence-electron chi connectivity index (χ3n) is 4.44. The molecule has 3 aromatic rings. The zero-order chi connectivity index (χ0) is 19.1. The van der Waals surface area contributed by atoms with Gasteiger partial charge in [-0.25, -0.2) is 0 Å². The molecule has 0 aliphatic rings. The highest BCUT2D eigenvalue weighted by atomic mass is 16.5. The fourth-order valence-electron chi connectivity index (χ4n) is 2.92. The van der Waals surface area contributed by atoms with E-state index in [1.54, 1.807) is 6.20 Å². The average molecular weight is 365 g/mol. The molecule has 0 aliphatic carbocycles. The average Bonchev–Trinajstić information content (AvgIpc) is 2.69. The smallest absolute Gasteiger partial charge is 0.303 e. The van der Waals surface area contributed by atoms with E-state index in [-0.39, 0.29) is 13.0 Å². The molecule has 0 aliphatic heterocycles. The number of carboxylic acids is 1. The van der Waals surface area contributed by atoms with E-state index in [0.29, 0.717) is 18.6 Å². The molecule has 0 unspecified atom stereocenters. The lowest BCUT2D eigenvalue weighted by molar-refractivity contribution is -0.136. The third-order valence-corrected chi connectivity index (χ3v) is 4.44. The lowest BCUT2D eigenvalue weighted by atomic mass is 10.0. The first-order valence-electron chi connectivity index (χ1n) is 9.04. The Morgan fingerprint density at radius 3 is 2.63 bits per heavy atom. The molecule has 140 valence electrons. The molecule has 1 atom stereocenters. The van der Waals surface area contributed by atoms with Gasteiger partial charge in [0.2, 0.25) is 0 Å². The number of aliphatic hydroxyl groups excluding tert-OH is 1. The number of carbonyl (C=O) groups is 1. The number of aryl methyl sites for hydroxylation is 2. The van der Waals surface area contributed by atoms with Crippen LogP contribution in [-0.4, -0.2) is 33.9 Å². The van der Waals surface area contributed by atoms with Crippen LogP contribution in [0.4, 0.5) is 0 Å². The number of ether oxygens (including phenoxy) is 1. The lowest BCUT2D eigenvalue weighted by Crippen LogP contribution is -2.18. The number of benzene rings is 2. The molecule has 0 saturated carbocycles. The molecule has 0 fully saturated rings. The minimum absolute atomic E-state index is 0.129. The summed E-state index contributed by atoms with van der Waals surface area (Å²) in [5.74, 6) is -0.0813. The summed E-state index contributed by atoms with van der Waals surface area (Å²) in [6.45, 7) is 0.239. The molecule has 1 aromatic heterocycles. The first kappa shape index (κ1) is 18.9. The van der Waals surface area contributed by atoms with Crippen molar-refractivity contribution in [2.24, 2.45) is 0 Å². The van der Waals surface area contributed by atoms with Crippen LogP contribution in [0.3, 0.4) is 0 Å². The Hall–Kier alpha value is -2.92. The number of aliphatic carboxylic acids is 1. The maximum absolute atomic E-state index is 10.7. The molecule has 0 saturated heterocycles. The fraction of sp³-hybridized carbons (Fsp3) is 0.273.